The summed E-state index contributed by atoms with van der Waals surface area (Å²) in [6, 6.07) is -13.5. The van der Waals surface area contributed by atoms with E-state index in [1.165, 1.54) is 24.3 Å². The number of aromatic nitrogens is 4. The van der Waals surface area contributed by atoms with Crippen LogP contribution in [0.25, 0.3) is 93.7 Å². The number of nitrogens with zero attached hydrogens (tertiary/aromatic N) is 4. The van der Waals surface area contributed by atoms with Gasteiger partial charge in [-0.2, -0.15) is 0 Å². The second-order valence-corrected chi connectivity index (χ2v) is 11.3. The Hall–Kier alpha value is -6.91. The first-order valence-corrected chi connectivity index (χ1v) is 15.3. The third kappa shape index (κ3) is 4.11. The highest BCUT2D eigenvalue weighted by atomic mass is 15.1. The van der Waals surface area contributed by atoms with Gasteiger partial charge in [0.05, 0.1) is 74.9 Å². The summed E-state index contributed by atoms with van der Waals surface area (Å²) in [5.74, 6) is -0.708. The van der Waals surface area contributed by atoms with Gasteiger partial charge in [-0.1, -0.05) is 121 Å². The van der Waals surface area contributed by atoms with Gasteiger partial charge in [0.1, 0.15) is 5.82 Å². The molecule has 0 aliphatic heterocycles. The molecule has 0 amide bonds. The molecule has 4 nitrogen and oxygen atoms in total. The minimum atomic E-state index is -0.924. The van der Waals surface area contributed by atoms with Crippen LogP contribution in [-0.4, -0.2) is 18.7 Å². The molecule has 0 fully saturated rings. The fraction of sp³-hybridized carbons (Fsp3) is 0. The largest absolute Gasteiger partial charge is 0.309 e. The number of pyridine rings is 1. The molecular weight excluding hydrogens is 621 g/mol. The summed E-state index contributed by atoms with van der Waals surface area (Å²) in [5, 5.41) is -2.58. The van der Waals surface area contributed by atoms with Crippen molar-refractivity contribution in [2.45, 2.75) is 0 Å². The summed E-state index contributed by atoms with van der Waals surface area (Å²) < 4.78 is 236. The van der Waals surface area contributed by atoms with Crippen LogP contribution in [0.15, 0.2) is 181 Å². The van der Waals surface area contributed by atoms with Crippen molar-refractivity contribution < 1.29 is 35.6 Å². The fourth-order valence-electron chi connectivity index (χ4n) is 6.50. The highest BCUT2D eigenvalue weighted by Gasteiger charge is 2.19. The number of rotatable bonds is 4. The summed E-state index contributed by atoms with van der Waals surface area (Å²) in [6.07, 6.45) is -0.924. The van der Waals surface area contributed by atoms with Gasteiger partial charge in [0.2, 0.25) is 0 Å². The van der Waals surface area contributed by atoms with Crippen LogP contribution in [0.4, 0.5) is 0 Å². The Morgan fingerprint density at radius 1 is 0.392 bits per heavy atom. The smallest absolute Gasteiger partial charge is 0.138 e. The standard InChI is InChI=1S/C47H30N4/c1-2-13-31(14-3-1)32-15-12-16-33(27-32)49-41-21-8-4-19-37(41)39-26-25-34(28-45(39)49)50-42-22-9-7-20-38(42)40-29-47(48-30-46(40)50)51-43-23-10-5-17-35(43)36-18-6-11-24-44(36)51/h1-30H/i1D,2D,3D,4D,5D,6D,7D,8D,9D,10D,11D,13D,14D,17D,18D,19D,20D,21D,22D,23D,24D,25D,26D,28D,29D,30D. The molecule has 0 saturated heterocycles. The summed E-state index contributed by atoms with van der Waals surface area (Å²) in [4.78, 5) is 4.40. The molecular formula is C47H30N4. The van der Waals surface area contributed by atoms with Gasteiger partial charge < -0.3 is 9.13 Å². The van der Waals surface area contributed by atoms with Crippen LogP contribution >= 0.6 is 0 Å². The van der Waals surface area contributed by atoms with Crippen molar-refractivity contribution in [2.75, 3.05) is 0 Å². The van der Waals surface area contributed by atoms with Gasteiger partial charge in [0.15, 0.2) is 0 Å². The lowest BCUT2D eigenvalue weighted by Crippen LogP contribution is -1.99. The molecule has 4 heterocycles. The van der Waals surface area contributed by atoms with Gasteiger partial charge in [-0.25, -0.2) is 4.98 Å². The van der Waals surface area contributed by atoms with Gasteiger partial charge in [-0.3, -0.25) is 4.57 Å². The zero-order chi connectivity index (χ0) is 56.1. The van der Waals surface area contributed by atoms with E-state index < -0.39 is 218 Å². The normalized spacial score (nSPS) is 19.1. The predicted octanol–water partition coefficient (Wildman–Crippen LogP) is 12.0. The minimum Gasteiger partial charge on any atom is -0.309 e. The number of para-hydroxylation sites is 4. The number of hydrogen-bond donors (Lipinski definition) is 0. The Morgan fingerprint density at radius 3 is 1.57 bits per heavy atom. The molecule has 4 heteroatoms. The van der Waals surface area contributed by atoms with Crippen LogP contribution in [0.2, 0.25) is 0 Å². The second kappa shape index (κ2) is 10.8. The molecule has 238 valence electrons. The topological polar surface area (TPSA) is 27.7 Å². The molecule has 0 aliphatic rings. The van der Waals surface area contributed by atoms with Crippen LogP contribution in [0, 0.1) is 0 Å². The second-order valence-electron chi connectivity index (χ2n) is 11.3. The number of hydrogen-bond acceptors (Lipinski definition) is 1. The van der Waals surface area contributed by atoms with Crippen molar-refractivity contribution in [3.63, 3.8) is 0 Å². The van der Waals surface area contributed by atoms with Crippen LogP contribution in [0.5, 0.6) is 0 Å². The van der Waals surface area contributed by atoms with E-state index in [1.54, 1.807) is 0 Å². The molecule has 51 heavy (non-hydrogen) atoms. The lowest BCUT2D eigenvalue weighted by Gasteiger charge is -2.12. The lowest BCUT2D eigenvalue weighted by molar-refractivity contribution is 1.08. The Morgan fingerprint density at radius 2 is 0.922 bits per heavy atom. The number of benzene rings is 7. The highest BCUT2D eigenvalue weighted by Crippen LogP contribution is 2.39. The monoisotopic (exact) mass is 676 g/mol. The summed E-state index contributed by atoms with van der Waals surface area (Å²) in [5.41, 5.74) is -3.89. The summed E-state index contributed by atoms with van der Waals surface area (Å²) >= 11 is 0. The first kappa shape index (κ1) is 12.8. The first-order valence-electron chi connectivity index (χ1n) is 28.3. The molecule has 0 spiro atoms. The average molecular weight is 677 g/mol. The van der Waals surface area contributed by atoms with Crippen LogP contribution in [0.1, 0.15) is 35.6 Å². The molecule has 0 radical (unpaired) electrons. The SMILES string of the molecule is [2H]c1c([2H])c([2H])c(-c2cccc(-n3c4c([2H])c([2H])c([2H])c([2H])c4c4c([2H])c([2H])c(-n5c6c([2H])nc(-n7c8c([2H])c([2H])c([2H])c([2H])c8c8c([2H])c([2H])c([2H])c([2H])c87)c([2H])c6c6c([2H])c([2H])c([2H])c([2H])c65)c([2H])c43)c2)c([2H])c1[2H]. The molecule has 0 saturated carbocycles. The van der Waals surface area contributed by atoms with E-state index >= 15 is 0 Å². The third-order valence-corrected chi connectivity index (χ3v) is 8.61. The van der Waals surface area contributed by atoms with E-state index in [-0.39, 0.29) is 33.1 Å². The maximum atomic E-state index is 10.1. The Bertz CT molecular complexity index is 4540. The Labute approximate surface area is 330 Å². The lowest BCUT2D eigenvalue weighted by atomic mass is 10.1. The minimum absolute atomic E-state index is 0.0155. The van der Waals surface area contributed by atoms with Gasteiger partial charge >= 0.3 is 0 Å². The van der Waals surface area contributed by atoms with E-state index in [2.05, 4.69) is 4.98 Å². The van der Waals surface area contributed by atoms with Crippen molar-refractivity contribution in [3.8, 4) is 28.3 Å². The van der Waals surface area contributed by atoms with E-state index in [9.17, 15) is 11.0 Å². The summed E-state index contributed by atoms with van der Waals surface area (Å²) in [6.45, 7) is 0. The molecule has 11 rings (SSSR count). The van der Waals surface area contributed by atoms with Crippen molar-refractivity contribution in [3.05, 3.63) is 181 Å². The van der Waals surface area contributed by atoms with Gasteiger partial charge in [-0.15, -0.1) is 0 Å². The molecule has 7 aromatic carbocycles. The van der Waals surface area contributed by atoms with Crippen LogP contribution < -0.4 is 0 Å². The van der Waals surface area contributed by atoms with Gasteiger partial charge in [-0.05, 0) is 65.6 Å². The van der Waals surface area contributed by atoms with E-state index in [0.29, 0.717) is 0 Å². The fourth-order valence-corrected chi connectivity index (χ4v) is 6.50. The van der Waals surface area contributed by atoms with E-state index in [0.717, 1.165) is 13.7 Å². The molecule has 0 bridgehead atoms. The number of fused-ring (bicyclic) bond motifs is 9. The molecule has 0 atom stereocenters. The van der Waals surface area contributed by atoms with Gasteiger partial charge in [0, 0.05) is 43.7 Å². The third-order valence-electron chi connectivity index (χ3n) is 8.61. The van der Waals surface area contributed by atoms with Crippen molar-refractivity contribution >= 4 is 65.4 Å². The quantitative estimate of drug-likeness (QED) is 0.182. The summed E-state index contributed by atoms with van der Waals surface area (Å²) in [7, 11) is 0. The van der Waals surface area contributed by atoms with E-state index in [1.807, 2.05) is 0 Å². The Balaban J connectivity index is 1.34. The predicted molar refractivity (Wildman–Crippen MR) is 213 cm³/mol. The van der Waals surface area contributed by atoms with Crippen molar-refractivity contribution in [2.24, 2.45) is 0 Å². The van der Waals surface area contributed by atoms with Crippen LogP contribution in [0.3, 0.4) is 0 Å². The van der Waals surface area contributed by atoms with Gasteiger partial charge in [0.25, 0.3) is 0 Å². The van der Waals surface area contributed by atoms with Crippen molar-refractivity contribution in [1.29, 1.82) is 0 Å². The molecule has 0 unspecified atom stereocenters. The molecule has 4 aromatic heterocycles. The zero-order valence-electron chi connectivity index (χ0n) is 51.6. The van der Waals surface area contributed by atoms with Crippen molar-refractivity contribution in [1.82, 2.24) is 18.7 Å². The van der Waals surface area contributed by atoms with Crippen LogP contribution in [-0.2, 0) is 0 Å². The Kier molecular flexibility index (Phi) is 2.70. The zero-order valence-corrected chi connectivity index (χ0v) is 25.6. The highest BCUT2D eigenvalue weighted by molar-refractivity contribution is 6.13. The average Bonchev–Trinajstić information content (AvgIpc) is 4.29. The maximum absolute atomic E-state index is 10.1. The molecule has 11 aromatic rings. The first-order chi connectivity index (χ1) is 36.1. The van der Waals surface area contributed by atoms with E-state index in [4.69, 9.17) is 24.7 Å². The molecule has 0 N–H and O–H groups in total. The molecule has 0 aliphatic carbocycles. The maximum Gasteiger partial charge on any atom is 0.138 e.